The number of nitrogens with two attached hydrogens (primary N) is 1. The number of ether oxygens (including phenoxy) is 1. The Morgan fingerprint density at radius 2 is 2.19 bits per heavy atom. The zero-order valence-corrected chi connectivity index (χ0v) is 11.2. The molecule has 0 radical (unpaired) electrons. The highest BCUT2D eigenvalue weighted by Gasteiger charge is 2.35. The molecule has 0 spiro atoms. The fraction of sp³-hybridized carbons (Fsp3) is 0.462. The van der Waals surface area contributed by atoms with Crippen LogP contribution in [0.5, 0.6) is 0 Å². The minimum atomic E-state index is -4.57. The van der Waals surface area contributed by atoms with Gasteiger partial charge in [0.25, 0.3) is 0 Å². The summed E-state index contributed by atoms with van der Waals surface area (Å²) in [6, 6.07) is 3.15. The van der Waals surface area contributed by atoms with Gasteiger partial charge in [0.1, 0.15) is 5.84 Å². The van der Waals surface area contributed by atoms with E-state index in [4.69, 9.17) is 15.9 Å². The van der Waals surface area contributed by atoms with Crippen molar-refractivity contribution in [1.82, 2.24) is 0 Å². The smallest absolute Gasteiger partial charge is 0.394 e. The molecule has 1 aromatic rings. The molecule has 0 aromatic heterocycles. The van der Waals surface area contributed by atoms with Gasteiger partial charge in [0.05, 0.1) is 31.4 Å². The topological polar surface area (TPSA) is 82.6 Å². The lowest BCUT2D eigenvalue weighted by Gasteiger charge is -2.36. The average Bonchev–Trinajstić information content (AvgIpc) is 2.45. The first-order valence-electron chi connectivity index (χ1n) is 6.35. The Morgan fingerprint density at radius 1 is 1.48 bits per heavy atom. The number of rotatable bonds is 3. The van der Waals surface area contributed by atoms with Crippen LogP contribution in [0.25, 0.3) is 0 Å². The molecule has 1 aromatic carbocycles. The highest BCUT2D eigenvalue weighted by atomic mass is 19.4. The van der Waals surface area contributed by atoms with E-state index < -0.39 is 17.6 Å². The van der Waals surface area contributed by atoms with Gasteiger partial charge in [-0.05, 0) is 18.2 Å². The van der Waals surface area contributed by atoms with Crippen LogP contribution >= 0.6 is 0 Å². The number of amidine groups is 1. The number of halogens is 3. The summed E-state index contributed by atoms with van der Waals surface area (Å²) >= 11 is 0. The number of nitrogen functional groups attached to an aromatic ring is 1. The summed E-state index contributed by atoms with van der Waals surface area (Å²) < 4.78 is 43.9. The van der Waals surface area contributed by atoms with E-state index >= 15 is 0 Å². The van der Waals surface area contributed by atoms with Gasteiger partial charge in [-0.3, -0.25) is 5.41 Å². The zero-order valence-electron chi connectivity index (χ0n) is 11.2. The summed E-state index contributed by atoms with van der Waals surface area (Å²) in [5.74, 6) is -0.641. The zero-order chi connectivity index (χ0) is 15.6. The Bertz CT molecular complexity index is 534. The maximum atomic E-state index is 12.9. The largest absolute Gasteiger partial charge is 0.417 e. The summed E-state index contributed by atoms with van der Waals surface area (Å²) in [6.45, 7) is 1.00. The maximum absolute atomic E-state index is 12.9. The van der Waals surface area contributed by atoms with Gasteiger partial charge in [-0.15, -0.1) is 0 Å². The van der Waals surface area contributed by atoms with Gasteiger partial charge >= 0.3 is 6.18 Å². The molecule has 1 atom stereocenters. The van der Waals surface area contributed by atoms with E-state index in [9.17, 15) is 18.3 Å². The maximum Gasteiger partial charge on any atom is 0.417 e. The van der Waals surface area contributed by atoms with Crippen LogP contribution < -0.4 is 10.6 Å². The fourth-order valence-electron chi connectivity index (χ4n) is 2.33. The molecule has 1 aliphatic rings. The van der Waals surface area contributed by atoms with Crippen molar-refractivity contribution in [2.24, 2.45) is 5.73 Å². The molecule has 0 bridgehead atoms. The van der Waals surface area contributed by atoms with Crippen molar-refractivity contribution >= 4 is 11.5 Å². The summed E-state index contributed by atoms with van der Waals surface area (Å²) in [4.78, 5) is 1.76. The van der Waals surface area contributed by atoms with Crippen molar-refractivity contribution in [3.63, 3.8) is 0 Å². The number of aliphatic hydroxyl groups excluding tert-OH is 1. The lowest BCUT2D eigenvalue weighted by Crippen LogP contribution is -2.47. The van der Waals surface area contributed by atoms with Crippen LogP contribution in [0.2, 0.25) is 0 Å². The molecule has 21 heavy (non-hydrogen) atoms. The van der Waals surface area contributed by atoms with Gasteiger partial charge in [0, 0.05) is 17.8 Å². The number of nitrogens with zero attached hydrogens (tertiary/aromatic N) is 1. The highest BCUT2D eigenvalue weighted by Crippen LogP contribution is 2.34. The molecule has 1 fully saturated rings. The molecule has 8 heteroatoms. The predicted molar refractivity (Wildman–Crippen MR) is 71.5 cm³/mol. The second-order valence-corrected chi connectivity index (χ2v) is 4.75. The van der Waals surface area contributed by atoms with Crippen molar-refractivity contribution in [2.45, 2.75) is 12.2 Å². The van der Waals surface area contributed by atoms with Gasteiger partial charge in [0.15, 0.2) is 0 Å². The highest BCUT2D eigenvalue weighted by molar-refractivity contribution is 5.97. The fourth-order valence-corrected chi connectivity index (χ4v) is 2.33. The van der Waals surface area contributed by atoms with Crippen LogP contribution in [0.4, 0.5) is 18.9 Å². The molecule has 1 aliphatic heterocycles. The molecule has 0 amide bonds. The average molecular weight is 303 g/mol. The van der Waals surface area contributed by atoms with E-state index in [-0.39, 0.29) is 18.2 Å². The Morgan fingerprint density at radius 3 is 2.76 bits per heavy atom. The van der Waals surface area contributed by atoms with Crippen molar-refractivity contribution in [3.8, 4) is 0 Å². The van der Waals surface area contributed by atoms with Crippen LogP contribution in [-0.2, 0) is 10.9 Å². The third-order valence-electron chi connectivity index (χ3n) is 3.37. The van der Waals surface area contributed by atoms with Crippen LogP contribution in [0, 0.1) is 5.41 Å². The minimum Gasteiger partial charge on any atom is -0.394 e. The molecule has 0 saturated carbocycles. The normalized spacial score (nSPS) is 19.6. The number of benzene rings is 1. The van der Waals surface area contributed by atoms with Gasteiger partial charge in [-0.1, -0.05) is 0 Å². The lowest BCUT2D eigenvalue weighted by atomic mass is 10.0. The van der Waals surface area contributed by atoms with Crippen LogP contribution in [0.3, 0.4) is 0 Å². The van der Waals surface area contributed by atoms with Crippen LogP contribution in [0.15, 0.2) is 18.2 Å². The van der Waals surface area contributed by atoms with E-state index in [2.05, 4.69) is 0 Å². The molecule has 116 valence electrons. The molecular formula is C13H16F3N3O2. The number of alkyl halides is 3. The van der Waals surface area contributed by atoms with Crippen molar-refractivity contribution < 1.29 is 23.0 Å². The number of hydrogen-bond donors (Lipinski definition) is 3. The van der Waals surface area contributed by atoms with Gasteiger partial charge in [-0.2, -0.15) is 13.2 Å². The first-order valence-corrected chi connectivity index (χ1v) is 6.35. The summed E-state index contributed by atoms with van der Waals surface area (Å²) in [5.41, 5.74) is 4.45. The third kappa shape index (κ3) is 3.27. The first kappa shape index (κ1) is 15.6. The monoisotopic (exact) mass is 303 g/mol. The number of hydrogen-bond acceptors (Lipinski definition) is 4. The van der Waals surface area contributed by atoms with Gasteiger partial charge < -0.3 is 20.5 Å². The Balaban J connectivity index is 2.42. The van der Waals surface area contributed by atoms with Crippen molar-refractivity contribution in [3.05, 3.63) is 29.3 Å². The number of anilines is 1. The second-order valence-electron chi connectivity index (χ2n) is 4.75. The SMILES string of the molecule is N=C(N)c1cc(N2CCOCC2CO)ccc1C(F)(F)F. The predicted octanol–water partition coefficient (Wildman–Crippen LogP) is 1.19. The van der Waals surface area contributed by atoms with E-state index in [0.717, 1.165) is 6.07 Å². The minimum absolute atomic E-state index is 0.170. The molecule has 2 rings (SSSR count). The van der Waals surface area contributed by atoms with Crippen molar-refractivity contribution in [1.29, 1.82) is 5.41 Å². The third-order valence-corrected chi connectivity index (χ3v) is 3.37. The second kappa shape index (κ2) is 5.90. The molecule has 1 saturated heterocycles. The summed E-state index contributed by atoms with van der Waals surface area (Å²) in [7, 11) is 0. The van der Waals surface area contributed by atoms with E-state index in [0.29, 0.717) is 25.4 Å². The Kier molecular flexibility index (Phi) is 4.38. The molecule has 0 aliphatic carbocycles. The molecule has 1 unspecified atom stereocenters. The first-order chi connectivity index (χ1) is 9.84. The number of morpholine rings is 1. The number of nitrogens with one attached hydrogen (secondary N) is 1. The van der Waals surface area contributed by atoms with E-state index in [1.54, 1.807) is 4.90 Å². The lowest BCUT2D eigenvalue weighted by molar-refractivity contribution is -0.137. The molecule has 1 heterocycles. The Labute approximate surface area is 119 Å². The molecule has 4 N–H and O–H groups in total. The van der Waals surface area contributed by atoms with Gasteiger partial charge in [0.2, 0.25) is 0 Å². The van der Waals surface area contributed by atoms with E-state index in [1.165, 1.54) is 12.1 Å². The molecule has 5 nitrogen and oxygen atoms in total. The summed E-state index contributed by atoms with van der Waals surface area (Å²) in [5, 5.41) is 16.7. The van der Waals surface area contributed by atoms with E-state index in [1.807, 2.05) is 0 Å². The summed E-state index contributed by atoms with van der Waals surface area (Å²) in [6.07, 6.45) is -4.57. The van der Waals surface area contributed by atoms with Crippen LogP contribution in [-0.4, -0.2) is 43.3 Å². The molecular weight excluding hydrogens is 287 g/mol. The van der Waals surface area contributed by atoms with Crippen molar-refractivity contribution in [2.75, 3.05) is 31.3 Å². The van der Waals surface area contributed by atoms with Gasteiger partial charge in [-0.25, -0.2) is 0 Å². The Hall–Kier alpha value is -1.80. The van der Waals surface area contributed by atoms with Crippen LogP contribution in [0.1, 0.15) is 11.1 Å². The standard InChI is InChI=1S/C13H16F3N3O2/c14-13(15,16)11-2-1-8(5-10(11)12(17)18)19-3-4-21-7-9(19)6-20/h1-2,5,9,20H,3-4,6-7H2,(H3,17,18). The quantitative estimate of drug-likeness (QED) is 0.578. The number of aliphatic hydroxyl groups is 1.